The van der Waals surface area contributed by atoms with E-state index in [1.807, 2.05) is 0 Å². The lowest BCUT2D eigenvalue weighted by molar-refractivity contribution is -0.148. The van der Waals surface area contributed by atoms with Crippen molar-refractivity contribution in [3.05, 3.63) is 0 Å². The van der Waals surface area contributed by atoms with E-state index in [4.69, 9.17) is 4.74 Å². The highest BCUT2D eigenvalue weighted by Gasteiger charge is 2.32. The Balaban J connectivity index is 1.43. The minimum atomic E-state index is -4.09. The van der Waals surface area contributed by atoms with Gasteiger partial charge in [0.05, 0.1) is 12.6 Å². The highest BCUT2D eigenvalue weighted by Crippen LogP contribution is 2.24. The lowest BCUT2D eigenvalue weighted by Gasteiger charge is -2.32. The third-order valence-electron chi connectivity index (χ3n) is 6.20. The molecule has 0 radical (unpaired) electrons. The summed E-state index contributed by atoms with van der Waals surface area (Å²) in [5, 5.41) is 6.68. The van der Waals surface area contributed by atoms with Gasteiger partial charge in [-0.2, -0.15) is 13.2 Å². The summed E-state index contributed by atoms with van der Waals surface area (Å²) in [6.07, 6.45) is 8.87. The highest BCUT2D eigenvalue weighted by molar-refractivity contribution is 5.79. The number of unbranched alkanes of at least 4 members (excludes halogenated alkanes) is 2. The molecule has 0 bridgehead atoms. The number of likely N-dealkylation sites (tertiary alicyclic amines) is 1. The van der Waals surface area contributed by atoms with Crippen molar-refractivity contribution in [2.24, 2.45) is 10.9 Å². The topological polar surface area (TPSA) is 48.9 Å². The summed E-state index contributed by atoms with van der Waals surface area (Å²) >= 11 is 0. The average molecular weight is 435 g/mol. The third-order valence-corrected chi connectivity index (χ3v) is 6.20. The van der Waals surface area contributed by atoms with E-state index in [9.17, 15) is 13.2 Å². The summed E-state index contributed by atoms with van der Waals surface area (Å²) in [5.41, 5.74) is 0. The van der Waals surface area contributed by atoms with Crippen molar-refractivity contribution < 1.29 is 17.9 Å². The van der Waals surface area contributed by atoms with E-state index in [1.165, 1.54) is 37.0 Å². The Hall–Kier alpha value is -1.02. The van der Waals surface area contributed by atoms with Gasteiger partial charge in [-0.1, -0.05) is 19.3 Å². The average Bonchev–Trinajstić information content (AvgIpc) is 2.72. The number of rotatable bonds is 11. The maximum Gasteiger partial charge on any atom is 0.401 e. The molecule has 0 aromatic carbocycles. The molecular formula is C22H41F3N4O. The molecule has 0 amide bonds. The van der Waals surface area contributed by atoms with Gasteiger partial charge in [-0.3, -0.25) is 9.89 Å². The normalized spacial score (nSPS) is 20.5. The number of ether oxygens (including phenoxy) is 1. The second-order valence-electron chi connectivity index (χ2n) is 8.74. The van der Waals surface area contributed by atoms with Gasteiger partial charge in [0.25, 0.3) is 0 Å². The maximum atomic E-state index is 12.5. The number of nitrogens with one attached hydrogen (secondary N) is 2. The van der Waals surface area contributed by atoms with Crippen LogP contribution in [0.25, 0.3) is 0 Å². The Kier molecular flexibility index (Phi) is 11.9. The van der Waals surface area contributed by atoms with Crippen LogP contribution in [0.5, 0.6) is 0 Å². The van der Waals surface area contributed by atoms with Gasteiger partial charge in [-0.25, -0.2) is 0 Å². The number of hydrogen-bond acceptors (Lipinski definition) is 3. The molecule has 0 unspecified atom stereocenters. The fourth-order valence-corrected chi connectivity index (χ4v) is 4.39. The van der Waals surface area contributed by atoms with E-state index in [2.05, 4.69) is 15.6 Å². The molecule has 1 aliphatic carbocycles. The fraction of sp³-hybridized carbons (Fsp3) is 0.955. The van der Waals surface area contributed by atoms with Crippen molar-refractivity contribution in [3.63, 3.8) is 0 Å². The number of alkyl halides is 3. The lowest BCUT2D eigenvalue weighted by Crippen LogP contribution is -2.41. The molecule has 2 fully saturated rings. The summed E-state index contributed by atoms with van der Waals surface area (Å²) in [4.78, 5) is 5.77. The van der Waals surface area contributed by atoms with Gasteiger partial charge in [-0.15, -0.1) is 0 Å². The molecule has 0 spiro atoms. The SMILES string of the molecule is CN=C(NCCCCCOC1CCCCC1)NCCC1CCN(CC(F)(F)F)CC1. The predicted molar refractivity (Wildman–Crippen MR) is 116 cm³/mol. The number of piperidine rings is 1. The summed E-state index contributed by atoms with van der Waals surface area (Å²) in [7, 11) is 1.77. The number of halogens is 3. The van der Waals surface area contributed by atoms with Crippen LogP contribution >= 0.6 is 0 Å². The molecule has 2 rings (SSSR count). The molecule has 0 aromatic rings. The summed E-state index contributed by atoms with van der Waals surface area (Å²) in [6, 6.07) is 0. The van der Waals surface area contributed by atoms with Gasteiger partial charge in [0.2, 0.25) is 0 Å². The van der Waals surface area contributed by atoms with Gasteiger partial charge < -0.3 is 15.4 Å². The molecule has 2 aliphatic rings. The Morgan fingerprint density at radius 2 is 1.67 bits per heavy atom. The van der Waals surface area contributed by atoms with Crippen molar-refractivity contribution in [2.75, 3.05) is 46.4 Å². The van der Waals surface area contributed by atoms with E-state index < -0.39 is 12.7 Å². The maximum absolute atomic E-state index is 12.5. The van der Waals surface area contributed by atoms with Gasteiger partial charge >= 0.3 is 6.18 Å². The van der Waals surface area contributed by atoms with Crippen LogP contribution in [0, 0.1) is 5.92 Å². The van der Waals surface area contributed by atoms with E-state index >= 15 is 0 Å². The molecule has 2 N–H and O–H groups in total. The number of aliphatic imine (C=N–C) groups is 1. The first-order valence-corrected chi connectivity index (χ1v) is 11.8. The zero-order valence-corrected chi connectivity index (χ0v) is 18.6. The van der Waals surface area contributed by atoms with Gasteiger partial charge in [-0.05, 0) is 70.4 Å². The fourth-order valence-electron chi connectivity index (χ4n) is 4.39. The number of hydrogen-bond donors (Lipinski definition) is 2. The van der Waals surface area contributed by atoms with Crippen molar-refractivity contribution in [2.45, 2.75) is 82.9 Å². The van der Waals surface area contributed by atoms with E-state index in [0.29, 0.717) is 25.1 Å². The second kappa shape index (κ2) is 14.1. The molecule has 8 heteroatoms. The molecule has 1 saturated heterocycles. The van der Waals surface area contributed by atoms with Crippen LogP contribution in [-0.2, 0) is 4.74 Å². The van der Waals surface area contributed by atoms with Crippen molar-refractivity contribution >= 4 is 5.96 Å². The van der Waals surface area contributed by atoms with Crippen LogP contribution < -0.4 is 10.6 Å². The Morgan fingerprint density at radius 1 is 0.967 bits per heavy atom. The van der Waals surface area contributed by atoms with Crippen molar-refractivity contribution in [3.8, 4) is 0 Å². The van der Waals surface area contributed by atoms with E-state index in [-0.39, 0.29) is 0 Å². The molecule has 5 nitrogen and oxygen atoms in total. The van der Waals surface area contributed by atoms with Gasteiger partial charge in [0.1, 0.15) is 0 Å². The number of nitrogens with zero attached hydrogens (tertiary/aromatic N) is 2. The van der Waals surface area contributed by atoms with E-state index in [1.54, 1.807) is 7.05 Å². The van der Waals surface area contributed by atoms with Gasteiger partial charge in [0.15, 0.2) is 5.96 Å². The zero-order valence-electron chi connectivity index (χ0n) is 18.6. The third kappa shape index (κ3) is 11.4. The molecule has 1 aliphatic heterocycles. The summed E-state index contributed by atoms with van der Waals surface area (Å²) in [5.74, 6) is 1.30. The second-order valence-corrected chi connectivity index (χ2v) is 8.74. The Morgan fingerprint density at radius 3 is 2.33 bits per heavy atom. The van der Waals surface area contributed by atoms with Gasteiger partial charge in [0, 0.05) is 26.7 Å². The standard InChI is InChI=1S/C22H41F3N4O/c1-26-21(27-13-6-3-7-17-30-20-8-4-2-5-9-20)28-14-10-19-11-15-29(16-12-19)18-22(23,24)25/h19-20H,2-18H2,1H3,(H2,26,27,28). The molecule has 1 heterocycles. The first-order chi connectivity index (χ1) is 14.5. The van der Waals surface area contributed by atoms with Crippen LogP contribution in [0.15, 0.2) is 4.99 Å². The largest absolute Gasteiger partial charge is 0.401 e. The van der Waals surface area contributed by atoms with Crippen LogP contribution in [0.2, 0.25) is 0 Å². The Labute approximate surface area is 180 Å². The quantitative estimate of drug-likeness (QED) is 0.289. The molecule has 1 saturated carbocycles. The van der Waals surface area contributed by atoms with Crippen LogP contribution in [0.1, 0.15) is 70.6 Å². The number of guanidine groups is 1. The molecule has 0 aromatic heterocycles. The van der Waals surface area contributed by atoms with Crippen molar-refractivity contribution in [1.82, 2.24) is 15.5 Å². The van der Waals surface area contributed by atoms with E-state index in [0.717, 1.165) is 64.2 Å². The summed E-state index contributed by atoms with van der Waals surface area (Å²) in [6.45, 7) is 2.88. The Bertz CT molecular complexity index is 473. The van der Waals surface area contributed by atoms with Crippen molar-refractivity contribution in [1.29, 1.82) is 0 Å². The first kappa shape index (κ1) is 25.2. The minimum absolute atomic E-state index is 0.490. The zero-order chi connectivity index (χ0) is 21.7. The summed E-state index contributed by atoms with van der Waals surface area (Å²) < 4.78 is 43.3. The van der Waals surface area contributed by atoms with Crippen LogP contribution in [0.3, 0.4) is 0 Å². The predicted octanol–water partition coefficient (Wildman–Crippen LogP) is 4.34. The minimum Gasteiger partial charge on any atom is -0.378 e. The first-order valence-electron chi connectivity index (χ1n) is 11.8. The van der Waals surface area contributed by atoms with Crippen LogP contribution in [0.4, 0.5) is 13.2 Å². The monoisotopic (exact) mass is 434 g/mol. The highest BCUT2D eigenvalue weighted by atomic mass is 19.4. The molecular weight excluding hydrogens is 393 g/mol. The molecule has 176 valence electrons. The molecule has 0 atom stereocenters. The molecule has 30 heavy (non-hydrogen) atoms. The smallest absolute Gasteiger partial charge is 0.378 e. The lowest BCUT2D eigenvalue weighted by atomic mass is 9.93. The van der Waals surface area contributed by atoms with Crippen LogP contribution in [-0.4, -0.2) is 69.5 Å².